The van der Waals surface area contributed by atoms with Crippen molar-refractivity contribution in [2.75, 3.05) is 13.2 Å². The average molecular weight is 596 g/mol. The van der Waals surface area contributed by atoms with E-state index >= 15 is 0 Å². The molecule has 0 N–H and O–H groups in total. The smallest absolute Gasteiger partial charge is 0.417 e. The highest BCUT2D eigenvalue weighted by Crippen LogP contribution is 2.46. The summed E-state index contributed by atoms with van der Waals surface area (Å²) in [7, 11) is 0. The van der Waals surface area contributed by atoms with Gasteiger partial charge in [-0.2, -0.15) is 39.5 Å². The van der Waals surface area contributed by atoms with Crippen LogP contribution < -0.4 is 4.74 Å². The Kier molecular flexibility index (Phi) is 9.39. The van der Waals surface area contributed by atoms with Crippen molar-refractivity contribution in [2.24, 2.45) is 0 Å². The van der Waals surface area contributed by atoms with Crippen molar-refractivity contribution in [3.63, 3.8) is 0 Å². The average Bonchev–Trinajstić information content (AvgIpc) is 3.33. The predicted molar refractivity (Wildman–Crippen MR) is 131 cm³/mol. The molecule has 0 amide bonds. The van der Waals surface area contributed by atoms with Gasteiger partial charge in [0.2, 0.25) is 0 Å². The van der Waals surface area contributed by atoms with Crippen molar-refractivity contribution in [1.82, 2.24) is 0 Å². The second-order valence-electron chi connectivity index (χ2n) is 9.23. The lowest BCUT2D eigenvalue weighted by Gasteiger charge is -2.32. The van der Waals surface area contributed by atoms with Crippen LogP contribution in [0.3, 0.4) is 0 Å². The second-order valence-corrected chi connectivity index (χ2v) is 9.23. The van der Waals surface area contributed by atoms with Crippen LogP contribution in [0, 0.1) is 0 Å². The maximum absolute atomic E-state index is 14.2. The third kappa shape index (κ3) is 7.17. The number of halogens is 9. The number of fused-ring (bicyclic) bond motifs is 1. The van der Waals surface area contributed by atoms with Crippen LogP contribution in [0.4, 0.5) is 39.5 Å². The van der Waals surface area contributed by atoms with Gasteiger partial charge < -0.3 is 13.9 Å². The fraction of sp³-hybridized carbons (Fsp3) is 0.393. The van der Waals surface area contributed by atoms with Crippen molar-refractivity contribution in [3.05, 3.63) is 66.2 Å². The van der Waals surface area contributed by atoms with Gasteiger partial charge in [-0.05, 0) is 42.7 Å². The van der Waals surface area contributed by atoms with Crippen LogP contribution in [-0.2, 0) is 22.1 Å². The molecule has 41 heavy (non-hydrogen) atoms. The molecular weight excluding hydrogens is 571 g/mol. The lowest BCUT2D eigenvalue weighted by molar-refractivity contribution is -0.322. The van der Waals surface area contributed by atoms with Gasteiger partial charge in [0.25, 0.3) is 0 Å². The molecule has 0 aliphatic rings. The molecule has 0 spiro atoms. The van der Waals surface area contributed by atoms with Crippen molar-refractivity contribution in [2.45, 2.75) is 56.6 Å². The van der Waals surface area contributed by atoms with E-state index in [1.54, 1.807) is 6.07 Å². The molecular formula is C28H25F9O4. The normalized spacial score (nSPS) is 12.9. The summed E-state index contributed by atoms with van der Waals surface area (Å²) in [5, 5.41) is 0.236. The Hall–Kier alpha value is -3.64. The van der Waals surface area contributed by atoms with Crippen LogP contribution in [0.1, 0.15) is 37.3 Å². The summed E-state index contributed by atoms with van der Waals surface area (Å²) >= 11 is 0. The van der Waals surface area contributed by atoms with Crippen molar-refractivity contribution >= 4 is 16.9 Å². The third-order valence-electron chi connectivity index (χ3n) is 6.12. The number of benzene rings is 2. The number of furan rings is 1. The van der Waals surface area contributed by atoms with Crippen molar-refractivity contribution in [3.8, 4) is 17.1 Å². The first-order valence-electron chi connectivity index (χ1n) is 12.3. The molecule has 0 aliphatic heterocycles. The summed E-state index contributed by atoms with van der Waals surface area (Å²) in [6.07, 6.45) is -1.41. The Bertz CT molecular complexity index is 1380. The summed E-state index contributed by atoms with van der Waals surface area (Å²) in [6.45, 7) is 0.301. The number of hydrogen-bond donors (Lipinski definition) is 0. The van der Waals surface area contributed by atoms with Crippen LogP contribution >= 0.6 is 0 Å². The molecule has 1 heterocycles. The first-order chi connectivity index (χ1) is 19.0. The lowest BCUT2D eigenvalue weighted by atomic mass is 9.98. The number of alkyl halides is 9. The van der Waals surface area contributed by atoms with E-state index < -0.39 is 54.4 Å². The standard InChI is InChI=1S/C28H25F9O4/c1-3-5-6-7-17-8-11-20(21(12-17)27(33,34)35)23-13-18-9-10-19(14-22(18)41-23)39-15-25(29,30)28(36,37)26(31,32)16-40-24(38)4-2/h4,8-14H,2-3,5-7,15-16H2,1H3. The zero-order valence-corrected chi connectivity index (χ0v) is 21.6. The van der Waals surface area contributed by atoms with Crippen LogP contribution in [0.25, 0.3) is 22.3 Å². The maximum Gasteiger partial charge on any atom is 0.417 e. The fourth-order valence-electron chi connectivity index (χ4n) is 3.85. The van der Waals surface area contributed by atoms with E-state index in [-0.39, 0.29) is 22.3 Å². The number of ether oxygens (including phenoxy) is 2. The summed E-state index contributed by atoms with van der Waals surface area (Å²) in [5.41, 5.74) is -0.859. The van der Waals surface area contributed by atoms with E-state index in [1.165, 1.54) is 18.2 Å². The van der Waals surface area contributed by atoms with Gasteiger partial charge in [-0.3, -0.25) is 0 Å². The van der Waals surface area contributed by atoms with Gasteiger partial charge in [0.15, 0.2) is 13.2 Å². The number of carbonyl (C=O) groups excluding carboxylic acids is 1. The molecule has 1 aromatic heterocycles. The van der Waals surface area contributed by atoms with E-state index in [4.69, 9.17) is 4.42 Å². The zero-order valence-electron chi connectivity index (χ0n) is 21.6. The van der Waals surface area contributed by atoms with E-state index in [9.17, 15) is 44.3 Å². The Balaban J connectivity index is 1.82. The summed E-state index contributed by atoms with van der Waals surface area (Å²) < 4.78 is 139. The van der Waals surface area contributed by atoms with Gasteiger partial charge >= 0.3 is 29.9 Å². The number of hydrogen-bond acceptors (Lipinski definition) is 4. The highest BCUT2D eigenvalue weighted by Gasteiger charge is 2.72. The second kappa shape index (κ2) is 12.1. The van der Waals surface area contributed by atoms with Gasteiger partial charge in [0.1, 0.15) is 17.1 Å². The predicted octanol–water partition coefficient (Wildman–Crippen LogP) is 8.87. The minimum absolute atomic E-state index is 0.130. The molecule has 2 aromatic carbocycles. The zero-order chi connectivity index (χ0) is 30.6. The fourth-order valence-corrected chi connectivity index (χ4v) is 3.85. The Labute approximate surface area is 228 Å². The molecule has 13 heteroatoms. The van der Waals surface area contributed by atoms with Gasteiger partial charge in [0, 0.05) is 23.1 Å². The molecule has 0 aliphatic carbocycles. The third-order valence-corrected chi connectivity index (χ3v) is 6.12. The minimum atomic E-state index is -5.99. The van der Waals surface area contributed by atoms with Gasteiger partial charge in [0.05, 0.1) is 5.56 Å². The number of carbonyl (C=O) groups is 1. The molecule has 0 bridgehead atoms. The van der Waals surface area contributed by atoms with Crippen LogP contribution in [-0.4, -0.2) is 37.0 Å². The van der Waals surface area contributed by atoms with Crippen LogP contribution in [0.15, 0.2) is 59.5 Å². The topological polar surface area (TPSA) is 48.7 Å². The molecule has 224 valence electrons. The SMILES string of the molecule is C=CC(=O)OCC(F)(F)C(F)(F)C(F)(F)COc1ccc2cc(-c3ccc(CCCCC)cc3C(F)(F)F)oc2c1. The van der Waals surface area contributed by atoms with Crippen molar-refractivity contribution in [1.29, 1.82) is 0 Å². The highest BCUT2D eigenvalue weighted by atomic mass is 19.4. The summed E-state index contributed by atoms with van der Waals surface area (Å²) in [4.78, 5) is 10.9. The molecule has 0 fully saturated rings. The molecule has 0 saturated carbocycles. The van der Waals surface area contributed by atoms with Crippen LogP contribution in [0.5, 0.6) is 5.75 Å². The number of unbranched alkanes of at least 4 members (excludes halogenated alkanes) is 2. The lowest BCUT2D eigenvalue weighted by Crippen LogP contribution is -2.58. The highest BCUT2D eigenvalue weighted by molar-refractivity contribution is 5.84. The molecule has 3 rings (SSSR count). The molecule has 0 radical (unpaired) electrons. The van der Waals surface area contributed by atoms with Crippen LogP contribution in [0.2, 0.25) is 0 Å². The summed E-state index contributed by atoms with van der Waals surface area (Å²) in [5.74, 6) is -19.1. The van der Waals surface area contributed by atoms with Gasteiger partial charge in [-0.25, -0.2) is 4.79 Å². The first-order valence-corrected chi connectivity index (χ1v) is 12.3. The summed E-state index contributed by atoms with van der Waals surface area (Å²) in [6, 6.07) is 8.29. The van der Waals surface area contributed by atoms with Crippen molar-refractivity contribution < 1.29 is 58.2 Å². The molecule has 3 aromatic rings. The first kappa shape index (κ1) is 31.9. The van der Waals surface area contributed by atoms with E-state index in [0.29, 0.717) is 24.5 Å². The largest absolute Gasteiger partial charge is 0.487 e. The number of aryl methyl sites for hydroxylation is 1. The van der Waals surface area contributed by atoms with E-state index in [0.717, 1.165) is 31.0 Å². The number of rotatable bonds is 13. The molecule has 0 saturated heterocycles. The monoisotopic (exact) mass is 596 g/mol. The Morgan fingerprint density at radius 2 is 1.59 bits per heavy atom. The van der Waals surface area contributed by atoms with E-state index in [2.05, 4.69) is 16.1 Å². The molecule has 4 nitrogen and oxygen atoms in total. The molecule has 0 atom stereocenters. The van der Waals surface area contributed by atoms with Gasteiger partial charge in [-0.1, -0.05) is 38.5 Å². The van der Waals surface area contributed by atoms with Gasteiger partial charge in [-0.15, -0.1) is 0 Å². The number of esters is 1. The maximum atomic E-state index is 14.2. The van der Waals surface area contributed by atoms with E-state index in [1.807, 2.05) is 6.92 Å². The quantitative estimate of drug-likeness (QED) is 0.0856. The Morgan fingerprint density at radius 1 is 0.902 bits per heavy atom. The minimum Gasteiger partial charge on any atom is -0.487 e. The Morgan fingerprint density at radius 3 is 2.22 bits per heavy atom. The molecule has 0 unspecified atom stereocenters.